The monoisotopic (exact) mass is 289 g/mol. The fourth-order valence-corrected chi connectivity index (χ4v) is 4.36. The van der Waals surface area contributed by atoms with Crippen LogP contribution in [0, 0.1) is 0 Å². The summed E-state index contributed by atoms with van der Waals surface area (Å²) in [6.45, 7) is 4.77. The molecule has 3 heteroatoms. The summed E-state index contributed by atoms with van der Waals surface area (Å²) in [5.41, 5.74) is 2.81. The van der Waals surface area contributed by atoms with Gasteiger partial charge in [0.1, 0.15) is 11.5 Å². The highest BCUT2D eigenvalue weighted by atomic mass is 16.5. The van der Waals surface area contributed by atoms with E-state index in [4.69, 9.17) is 9.47 Å². The summed E-state index contributed by atoms with van der Waals surface area (Å²) < 4.78 is 11.3. The largest absolute Gasteiger partial charge is 0.496 e. The Balaban J connectivity index is 2.01. The molecule has 1 heterocycles. The molecule has 0 spiro atoms. The molecule has 3 rings (SSSR count). The van der Waals surface area contributed by atoms with Gasteiger partial charge in [-0.1, -0.05) is 6.92 Å². The average molecular weight is 289 g/mol. The molecule has 2 atom stereocenters. The summed E-state index contributed by atoms with van der Waals surface area (Å²) in [4.78, 5) is 2.70. The third kappa shape index (κ3) is 2.52. The number of rotatable bonds is 4. The Bertz CT molecular complexity index is 498. The number of hydrogen-bond acceptors (Lipinski definition) is 3. The van der Waals surface area contributed by atoms with Gasteiger partial charge in [-0.05, 0) is 57.3 Å². The van der Waals surface area contributed by atoms with Crippen molar-refractivity contribution in [1.29, 1.82) is 0 Å². The predicted octanol–water partition coefficient (Wildman–Crippen LogP) is 3.61. The first-order valence-corrected chi connectivity index (χ1v) is 8.28. The highest BCUT2D eigenvalue weighted by molar-refractivity contribution is 5.52. The molecule has 3 nitrogen and oxygen atoms in total. The Morgan fingerprint density at radius 1 is 1.14 bits per heavy atom. The Labute approximate surface area is 128 Å². The topological polar surface area (TPSA) is 21.7 Å². The zero-order valence-corrected chi connectivity index (χ0v) is 13.5. The van der Waals surface area contributed by atoms with Gasteiger partial charge in [-0.15, -0.1) is 0 Å². The molecule has 116 valence electrons. The van der Waals surface area contributed by atoms with E-state index >= 15 is 0 Å². The molecule has 0 N–H and O–H groups in total. The van der Waals surface area contributed by atoms with E-state index in [-0.39, 0.29) is 0 Å². The van der Waals surface area contributed by atoms with Crippen LogP contribution in [0.1, 0.15) is 49.7 Å². The summed E-state index contributed by atoms with van der Waals surface area (Å²) in [6.07, 6.45) is 6.17. The molecule has 21 heavy (non-hydrogen) atoms. The lowest BCUT2D eigenvalue weighted by Crippen LogP contribution is -2.46. The molecule has 1 aliphatic heterocycles. The lowest BCUT2D eigenvalue weighted by atomic mass is 9.73. The first kappa shape index (κ1) is 14.7. The standard InChI is InChI=1S/C18H27NO2/c1-4-11-19-12-5-6-13-15(19)8-7-14-16(20-2)9-10-17(21-3)18(13)14/h9-10,13,15H,4-8,11-12H2,1-3H3/t13-,15-/m0/s1. The van der Waals surface area contributed by atoms with Crippen molar-refractivity contribution in [2.24, 2.45) is 0 Å². The SMILES string of the molecule is CCCN1CCC[C@@H]2c3c(OC)ccc(OC)c3CC[C@@H]21. The van der Waals surface area contributed by atoms with Crippen molar-refractivity contribution in [3.05, 3.63) is 23.3 Å². The van der Waals surface area contributed by atoms with Crippen molar-refractivity contribution in [3.8, 4) is 11.5 Å². The minimum Gasteiger partial charge on any atom is -0.496 e. The van der Waals surface area contributed by atoms with Crippen molar-refractivity contribution in [3.63, 3.8) is 0 Å². The van der Waals surface area contributed by atoms with Crippen LogP contribution in [0.2, 0.25) is 0 Å². The number of fused-ring (bicyclic) bond motifs is 3. The quantitative estimate of drug-likeness (QED) is 0.845. The minimum absolute atomic E-state index is 0.610. The second kappa shape index (κ2) is 6.27. The molecule has 1 saturated heterocycles. The summed E-state index contributed by atoms with van der Waals surface area (Å²) in [7, 11) is 3.57. The zero-order chi connectivity index (χ0) is 14.8. The van der Waals surface area contributed by atoms with Gasteiger partial charge in [-0.3, -0.25) is 4.90 Å². The number of ether oxygens (including phenoxy) is 2. The van der Waals surface area contributed by atoms with Gasteiger partial charge in [0, 0.05) is 23.1 Å². The first-order chi connectivity index (χ1) is 10.3. The molecule has 0 radical (unpaired) electrons. The van der Waals surface area contributed by atoms with Crippen LogP contribution >= 0.6 is 0 Å². The summed E-state index contributed by atoms with van der Waals surface area (Å²) in [5, 5.41) is 0. The summed E-state index contributed by atoms with van der Waals surface area (Å²) in [6, 6.07) is 4.83. The molecule has 0 amide bonds. The Hall–Kier alpha value is -1.22. The number of piperidine rings is 1. The van der Waals surface area contributed by atoms with Gasteiger partial charge in [0.25, 0.3) is 0 Å². The van der Waals surface area contributed by atoms with Crippen LogP contribution in [0.5, 0.6) is 11.5 Å². The van der Waals surface area contributed by atoms with Crippen LogP contribution < -0.4 is 9.47 Å². The third-order valence-electron chi connectivity index (χ3n) is 5.18. The van der Waals surface area contributed by atoms with E-state index in [2.05, 4.69) is 24.0 Å². The van der Waals surface area contributed by atoms with E-state index in [1.54, 1.807) is 14.2 Å². The third-order valence-corrected chi connectivity index (χ3v) is 5.18. The van der Waals surface area contributed by atoms with Gasteiger partial charge in [0.2, 0.25) is 0 Å². The normalized spacial score (nSPS) is 25.1. The number of nitrogens with zero attached hydrogens (tertiary/aromatic N) is 1. The van der Waals surface area contributed by atoms with E-state index in [1.165, 1.54) is 49.9 Å². The molecule has 0 saturated carbocycles. The number of likely N-dealkylation sites (tertiary alicyclic amines) is 1. The molecular formula is C18H27NO2. The van der Waals surface area contributed by atoms with Gasteiger partial charge in [-0.25, -0.2) is 0 Å². The second-order valence-electron chi connectivity index (χ2n) is 6.25. The molecule has 0 aromatic heterocycles. The smallest absolute Gasteiger partial charge is 0.122 e. The fraction of sp³-hybridized carbons (Fsp3) is 0.667. The van der Waals surface area contributed by atoms with Crippen LogP contribution in [0.25, 0.3) is 0 Å². The van der Waals surface area contributed by atoms with E-state index in [1.807, 2.05) is 0 Å². The van der Waals surface area contributed by atoms with Crippen molar-refractivity contribution in [2.75, 3.05) is 27.3 Å². The lowest BCUT2D eigenvalue weighted by molar-refractivity contribution is 0.111. The summed E-state index contributed by atoms with van der Waals surface area (Å²) in [5.74, 6) is 2.70. The van der Waals surface area contributed by atoms with Crippen LogP contribution in [0.3, 0.4) is 0 Å². The lowest BCUT2D eigenvalue weighted by Gasteiger charge is -2.45. The van der Waals surface area contributed by atoms with Crippen LogP contribution in [-0.4, -0.2) is 38.3 Å². The van der Waals surface area contributed by atoms with Crippen LogP contribution in [-0.2, 0) is 6.42 Å². The molecule has 0 unspecified atom stereocenters. The van der Waals surface area contributed by atoms with Crippen LogP contribution in [0.4, 0.5) is 0 Å². The van der Waals surface area contributed by atoms with Crippen molar-refractivity contribution >= 4 is 0 Å². The van der Waals surface area contributed by atoms with E-state index < -0.39 is 0 Å². The maximum absolute atomic E-state index is 5.68. The highest BCUT2D eigenvalue weighted by Gasteiger charge is 2.38. The van der Waals surface area contributed by atoms with E-state index in [0.29, 0.717) is 12.0 Å². The molecular weight excluding hydrogens is 262 g/mol. The molecule has 1 aromatic carbocycles. The zero-order valence-electron chi connectivity index (χ0n) is 13.5. The molecule has 1 aliphatic carbocycles. The fourth-order valence-electron chi connectivity index (χ4n) is 4.36. The Kier molecular flexibility index (Phi) is 4.39. The second-order valence-corrected chi connectivity index (χ2v) is 6.25. The predicted molar refractivity (Wildman–Crippen MR) is 85.5 cm³/mol. The Morgan fingerprint density at radius 2 is 1.90 bits per heavy atom. The maximum Gasteiger partial charge on any atom is 0.122 e. The van der Waals surface area contributed by atoms with Gasteiger partial charge in [-0.2, -0.15) is 0 Å². The van der Waals surface area contributed by atoms with E-state index in [0.717, 1.165) is 17.9 Å². The average Bonchev–Trinajstić information content (AvgIpc) is 2.54. The highest BCUT2D eigenvalue weighted by Crippen LogP contribution is 2.47. The number of hydrogen-bond donors (Lipinski definition) is 0. The van der Waals surface area contributed by atoms with Crippen LogP contribution in [0.15, 0.2) is 12.1 Å². The van der Waals surface area contributed by atoms with Gasteiger partial charge >= 0.3 is 0 Å². The number of methoxy groups -OCH3 is 2. The van der Waals surface area contributed by atoms with Gasteiger partial charge in [0.05, 0.1) is 14.2 Å². The molecule has 0 bridgehead atoms. The summed E-state index contributed by atoms with van der Waals surface area (Å²) >= 11 is 0. The van der Waals surface area contributed by atoms with Crippen molar-refractivity contribution < 1.29 is 9.47 Å². The minimum atomic E-state index is 0.610. The number of benzene rings is 1. The maximum atomic E-state index is 5.68. The van der Waals surface area contributed by atoms with Crippen molar-refractivity contribution in [2.45, 2.75) is 51.0 Å². The van der Waals surface area contributed by atoms with Crippen molar-refractivity contribution in [1.82, 2.24) is 4.90 Å². The van der Waals surface area contributed by atoms with E-state index in [9.17, 15) is 0 Å². The van der Waals surface area contributed by atoms with Gasteiger partial charge in [0.15, 0.2) is 0 Å². The molecule has 2 aliphatic rings. The van der Waals surface area contributed by atoms with Gasteiger partial charge < -0.3 is 9.47 Å². The molecule has 1 fully saturated rings. The molecule has 1 aromatic rings. The first-order valence-electron chi connectivity index (χ1n) is 8.28. The Morgan fingerprint density at radius 3 is 2.62 bits per heavy atom.